The fourth-order valence-corrected chi connectivity index (χ4v) is 3.54. The maximum Gasteiger partial charge on any atom is 0.279 e. The number of ether oxygens (including phenoxy) is 1. The van der Waals surface area contributed by atoms with Crippen LogP contribution in [-0.2, 0) is 7.05 Å². The van der Waals surface area contributed by atoms with Gasteiger partial charge in [-0.05, 0) is 37.3 Å². The number of thiazole rings is 1. The maximum absolute atomic E-state index is 12.3. The minimum Gasteiger partial charge on any atom is -0.492 e. The predicted molar refractivity (Wildman–Crippen MR) is 93.3 cm³/mol. The number of carbonyl (C=O) groups is 1. The summed E-state index contributed by atoms with van der Waals surface area (Å²) in [6.45, 7) is 2.53. The van der Waals surface area contributed by atoms with Gasteiger partial charge in [0, 0.05) is 17.6 Å². The van der Waals surface area contributed by atoms with E-state index in [4.69, 9.17) is 16.3 Å². The topological polar surface area (TPSA) is 43.6 Å². The van der Waals surface area contributed by atoms with Crippen LogP contribution in [0.3, 0.4) is 0 Å². The fraction of sp³-hybridized carbons (Fsp3) is 0.176. The van der Waals surface area contributed by atoms with Crippen LogP contribution in [0.1, 0.15) is 17.3 Å². The average molecular weight is 347 g/mol. The molecular formula is C17H15ClN2O2S. The van der Waals surface area contributed by atoms with Crippen molar-refractivity contribution >= 4 is 39.1 Å². The molecule has 0 aliphatic heterocycles. The van der Waals surface area contributed by atoms with Gasteiger partial charge >= 0.3 is 0 Å². The van der Waals surface area contributed by atoms with Crippen LogP contribution in [0, 0.1) is 0 Å². The van der Waals surface area contributed by atoms with Gasteiger partial charge in [-0.25, -0.2) is 0 Å². The predicted octanol–water partition coefficient (Wildman–Crippen LogP) is 4.03. The SMILES string of the molecule is CCOc1cccc2sc(=NC(=O)c3cccc(Cl)c3)n(C)c12. The molecule has 1 aromatic heterocycles. The molecular weight excluding hydrogens is 332 g/mol. The van der Waals surface area contributed by atoms with E-state index in [2.05, 4.69) is 4.99 Å². The Morgan fingerprint density at radius 1 is 1.30 bits per heavy atom. The summed E-state index contributed by atoms with van der Waals surface area (Å²) < 4.78 is 8.57. The Hall–Kier alpha value is -2.11. The van der Waals surface area contributed by atoms with Crippen molar-refractivity contribution < 1.29 is 9.53 Å². The smallest absolute Gasteiger partial charge is 0.279 e. The summed E-state index contributed by atoms with van der Waals surface area (Å²) in [5.41, 5.74) is 1.41. The van der Waals surface area contributed by atoms with Crippen LogP contribution in [-0.4, -0.2) is 17.1 Å². The number of para-hydroxylation sites is 1. The second-order valence-corrected chi connectivity index (χ2v) is 6.35. The molecule has 3 rings (SSSR count). The lowest BCUT2D eigenvalue weighted by atomic mass is 10.2. The van der Waals surface area contributed by atoms with Crippen molar-refractivity contribution in [3.63, 3.8) is 0 Å². The van der Waals surface area contributed by atoms with E-state index in [0.717, 1.165) is 16.0 Å². The summed E-state index contributed by atoms with van der Waals surface area (Å²) in [6, 6.07) is 12.6. The first-order chi connectivity index (χ1) is 11.1. The first-order valence-electron chi connectivity index (χ1n) is 7.16. The summed E-state index contributed by atoms with van der Waals surface area (Å²) in [6.07, 6.45) is 0. The number of hydrogen-bond acceptors (Lipinski definition) is 3. The second-order valence-electron chi connectivity index (χ2n) is 4.91. The molecule has 0 fully saturated rings. The van der Waals surface area contributed by atoms with Crippen molar-refractivity contribution in [1.82, 2.24) is 4.57 Å². The van der Waals surface area contributed by atoms with E-state index < -0.39 is 0 Å². The highest BCUT2D eigenvalue weighted by Gasteiger charge is 2.11. The molecule has 0 unspecified atom stereocenters. The van der Waals surface area contributed by atoms with Gasteiger partial charge in [0.2, 0.25) is 0 Å². The van der Waals surface area contributed by atoms with E-state index in [1.807, 2.05) is 36.7 Å². The minimum absolute atomic E-state index is 0.312. The molecule has 1 amide bonds. The van der Waals surface area contributed by atoms with Gasteiger partial charge < -0.3 is 9.30 Å². The fourth-order valence-electron chi connectivity index (χ4n) is 2.32. The number of benzene rings is 2. The molecule has 23 heavy (non-hydrogen) atoms. The van der Waals surface area contributed by atoms with E-state index in [-0.39, 0.29) is 5.91 Å². The quantitative estimate of drug-likeness (QED) is 0.718. The molecule has 0 N–H and O–H groups in total. The number of nitrogens with zero attached hydrogens (tertiary/aromatic N) is 2. The molecule has 0 saturated carbocycles. The van der Waals surface area contributed by atoms with Crippen molar-refractivity contribution in [2.24, 2.45) is 12.0 Å². The van der Waals surface area contributed by atoms with E-state index in [9.17, 15) is 4.79 Å². The average Bonchev–Trinajstić information content (AvgIpc) is 2.85. The van der Waals surface area contributed by atoms with E-state index in [1.54, 1.807) is 24.3 Å². The minimum atomic E-state index is -0.312. The van der Waals surface area contributed by atoms with Crippen LogP contribution < -0.4 is 9.54 Å². The second kappa shape index (κ2) is 6.56. The van der Waals surface area contributed by atoms with Crippen molar-refractivity contribution in [2.45, 2.75) is 6.92 Å². The summed E-state index contributed by atoms with van der Waals surface area (Å²) in [4.78, 5) is 17.2. The van der Waals surface area contributed by atoms with Gasteiger partial charge in [-0.3, -0.25) is 4.79 Å². The third kappa shape index (κ3) is 3.16. The first kappa shape index (κ1) is 15.8. The van der Waals surface area contributed by atoms with Crippen LogP contribution in [0.4, 0.5) is 0 Å². The number of amides is 1. The number of halogens is 1. The molecule has 6 heteroatoms. The lowest BCUT2D eigenvalue weighted by Gasteiger charge is -2.05. The third-order valence-corrected chi connectivity index (χ3v) is 4.69. The summed E-state index contributed by atoms with van der Waals surface area (Å²) in [7, 11) is 1.88. The first-order valence-corrected chi connectivity index (χ1v) is 8.35. The highest BCUT2D eigenvalue weighted by Crippen LogP contribution is 2.26. The van der Waals surface area contributed by atoms with Crippen LogP contribution in [0.5, 0.6) is 5.75 Å². The van der Waals surface area contributed by atoms with E-state index in [0.29, 0.717) is 22.0 Å². The lowest BCUT2D eigenvalue weighted by Crippen LogP contribution is -2.13. The van der Waals surface area contributed by atoms with Gasteiger partial charge in [0.25, 0.3) is 5.91 Å². The van der Waals surface area contributed by atoms with E-state index >= 15 is 0 Å². The Morgan fingerprint density at radius 2 is 2.09 bits per heavy atom. The Labute approximate surface area is 142 Å². The molecule has 0 saturated heterocycles. The zero-order valence-corrected chi connectivity index (χ0v) is 14.3. The van der Waals surface area contributed by atoms with Gasteiger partial charge in [-0.1, -0.05) is 35.1 Å². The molecule has 0 radical (unpaired) electrons. The molecule has 1 heterocycles. The Balaban J connectivity index is 2.11. The lowest BCUT2D eigenvalue weighted by molar-refractivity contribution is 0.0998. The van der Waals surface area contributed by atoms with E-state index in [1.165, 1.54) is 11.3 Å². The molecule has 0 bridgehead atoms. The van der Waals surface area contributed by atoms with Gasteiger partial charge in [0.05, 0.1) is 11.3 Å². The molecule has 0 aliphatic carbocycles. The van der Waals surface area contributed by atoms with Crippen molar-refractivity contribution in [3.8, 4) is 5.75 Å². The summed E-state index contributed by atoms with van der Waals surface area (Å²) >= 11 is 7.38. The van der Waals surface area contributed by atoms with Crippen LogP contribution in [0.25, 0.3) is 10.2 Å². The molecule has 4 nitrogen and oxygen atoms in total. The number of hydrogen-bond donors (Lipinski definition) is 0. The largest absolute Gasteiger partial charge is 0.492 e. The number of aryl methyl sites for hydroxylation is 1. The van der Waals surface area contributed by atoms with Gasteiger partial charge in [-0.15, -0.1) is 0 Å². The van der Waals surface area contributed by atoms with Gasteiger partial charge in [0.1, 0.15) is 11.3 Å². The van der Waals surface area contributed by atoms with Crippen LogP contribution in [0.15, 0.2) is 47.5 Å². The third-order valence-electron chi connectivity index (χ3n) is 3.35. The van der Waals surface area contributed by atoms with Crippen molar-refractivity contribution in [3.05, 3.63) is 57.9 Å². The molecule has 2 aromatic carbocycles. The Kier molecular flexibility index (Phi) is 4.50. The zero-order chi connectivity index (χ0) is 16.4. The number of fused-ring (bicyclic) bond motifs is 1. The molecule has 0 atom stereocenters. The standard InChI is InChI=1S/C17H15ClN2O2S/c1-3-22-13-8-5-9-14-15(13)20(2)17(23-14)19-16(21)11-6-4-7-12(18)10-11/h4-10H,3H2,1-2H3. The van der Waals surface area contributed by atoms with Crippen LogP contribution in [0.2, 0.25) is 5.02 Å². The molecule has 118 valence electrons. The number of aromatic nitrogens is 1. The number of rotatable bonds is 3. The monoisotopic (exact) mass is 346 g/mol. The van der Waals surface area contributed by atoms with Crippen LogP contribution >= 0.6 is 22.9 Å². The zero-order valence-electron chi connectivity index (χ0n) is 12.7. The molecule has 0 aliphatic rings. The highest BCUT2D eigenvalue weighted by molar-refractivity contribution is 7.16. The molecule has 3 aromatic rings. The van der Waals surface area contributed by atoms with Crippen molar-refractivity contribution in [2.75, 3.05) is 6.61 Å². The normalized spacial score (nSPS) is 11.9. The highest BCUT2D eigenvalue weighted by atomic mass is 35.5. The summed E-state index contributed by atoms with van der Waals surface area (Å²) in [5, 5.41) is 0.519. The van der Waals surface area contributed by atoms with Gasteiger partial charge in [0.15, 0.2) is 4.80 Å². The number of carbonyl (C=O) groups excluding carboxylic acids is 1. The Morgan fingerprint density at radius 3 is 2.83 bits per heavy atom. The molecule has 0 spiro atoms. The van der Waals surface area contributed by atoms with Gasteiger partial charge in [-0.2, -0.15) is 4.99 Å². The Bertz CT molecular complexity index is 943. The van der Waals surface area contributed by atoms with Crippen molar-refractivity contribution in [1.29, 1.82) is 0 Å². The maximum atomic E-state index is 12.3. The summed E-state index contributed by atoms with van der Waals surface area (Å²) in [5.74, 6) is 0.480.